The number of fused-ring (bicyclic) bond motifs is 1. The molecule has 0 aromatic heterocycles. The smallest absolute Gasteiger partial charge is 0.000975 e. The molecule has 2 rings (SSSR count). The average Bonchev–Trinajstić information content (AvgIpc) is 2.29. The zero-order chi connectivity index (χ0) is 9.26. The molecule has 0 saturated carbocycles. The first-order chi connectivity index (χ1) is 6.25. The molecular formula is C11H22N2. The maximum absolute atomic E-state index is 2.51. The third-order valence-corrected chi connectivity index (χ3v) is 3.86. The summed E-state index contributed by atoms with van der Waals surface area (Å²) >= 11 is 0. The zero-order valence-corrected chi connectivity index (χ0v) is 9.00. The second-order valence-corrected chi connectivity index (χ2v) is 4.95. The van der Waals surface area contributed by atoms with E-state index in [0.717, 1.165) is 11.8 Å². The van der Waals surface area contributed by atoms with Crippen LogP contribution in [-0.2, 0) is 0 Å². The highest BCUT2D eigenvalue weighted by Crippen LogP contribution is 2.30. The Morgan fingerprint density at radius 1 is 0.769 bits per heavy atom. The number of piperidine rings is 1. The Hall–Kier alpha value is -0.0800. The van der Waals surface area contributed by atoms with Gasteiger partial charge < -0.3 is 9.80 Å². The first kappa shape index (κ1) is 9.47. The number of hydrogen-bond donors (Lipinski definition) is 0. The molecule has 0 amide bonds. The van der Waals surface area contributed by atoms with Gasteiger partial charge in [0.25, 0.3) is 0 Å². The first-order valence-electron chi connectivity index (χ1n) is 5.63. The van der Waals surface area contributed by atoms with Crippen LogP contribution in [0.15, 0.2) is 0 Å². The van der Waals surface area contributed by atoms with Crippen molar-refractivity contribution < 1.29 is 0 Å². The molecule has 2 unspecified atom stereocenters. The van der Waals surface area contributed by atoms with E-state index in [0.29, 0.717) is 0 Å². The van der Waals surface area contributed by atoms with E-state index in [2.05, 4.69) is 23.9 Å². The quantitative estimate of drug-likeness (QED) is 0.557. The monoisotopic (exact) mass is 182 g/mol. The van der Waals surface area contributed by atoms with Gasteiger partial charge in [0.15, 0.2) is 0 Å². The number of likely N-dealkylation sites (tertiary alicyclic amines) is 2. The van der Waals surface area contributed by atoms with Gasteiger partial charge in [-0.2, -0.15) is 0 Å². The summed E-state index contributed by atoms with van der Waals surface area (Å²) in [5.74, 6) is 2.02. The van der Waals surface area contributed by atoms with E-state index < -0.39 is 0 Å². The summed E-state index contributed by atoms with van der Waals surface area (Å²) in [7, 11) is 4.53. The Bertz CT molecular complexity index is 169. The minimum atomic E-state index is 0.990. The van der Waals surface area contributed by atoms with Crippen molar-refractivity contribution in [3.63, 3.8) is 0 Å². The summed E-state index contributed by atoms with van der Waals surface area (Å²) < 4.78 is 0. The van der Waals surface area contributed by atoms with Crippen LogP contribution in [0.1, 0.15) is 19.3 Å². The Morgan fingerprint density at radius 3 is 2.00 bits per heavy atom. The fourth-order valence-corrected chi connectivity index (χ4v) is 2.85. The molecule has 0 spiro atoms. The van der Waals surface area contributed by atoms with E-state index in [-0.39, 0.29) is 0 Å². The second-order valence-electron chi connectivity index (χ2n) is 4.95. The molecule has 13 heavy (non-hydrogen) atoms. The van der Waals surface area contributed by atoms with Crippen LogP contribution in [0.25, 0.3) is 0 Å². The maximum atomic E-state index is 2.51. The van der Waals surface area contributed by atoms with Gasteiger partial charge >= 0.3 is 0 Å². The van der Waals surface area contributed by atoms with Gasteiger partial charge in [0.05, 0.1) is 0 Å². The van der Waals surface area contributed by atoms with Crippen molar-refractivity contribution in [2.45, 2.75) is 19.3 Å². The summed E-state index contributed by atoms with van der Waals surface area (Å²) in [5.41, 5.74) is 0. The lowest BCUT2D eigenvalue weighted by molar-refractivity contribution is 0.140. The zero-order valence-electron chi connectivity index (χ0n) is 9.00. The van der Waals surface area contributed by atoms with E-state index in [1.54, 1.807) is 0 Å². The predicted molar refractivity (Wildman–Crippen MR) is 55.8 cm³/mol. The van der Waals surface area contributed by atoms with Crippen LogP contribution in [0.2, 0.25) is 0 Å². The molecule has 0 N–H and O–H groups in total. The SMILES string of the molecule is CN1CCC2CCN(C)CC2CC1. The van der Waals surface area contributed by atoms with E-state index >= 15 is 0 Å². The van der Waals surface area contributed by atoms with Gasteiger partial charge in [0.2, 0.25) is 0 Å². The van der Waals surface area contributed by atoms with Crippen LogP contribution >= 0.6 is 0 Å². The minimum Gasteiger partial charge on any atom is -0.306 e. The number of hydrogen-bond acceptors (Lipinski definition) is 2. The second kappa shape index (κ2) is 3.97. The molecule has 2 heterocycles. The van der Waals surface area contributed by atoms with Crippen molar-refractivity contribution in [2.75, 3.05) is 40.3 Å². The summed E-state index contributed by atoms with van der Waals surface area (Å²) in [4.78, 5) is 5.00. The normalized spacial score (nSPS) is 38.3. The molecule has 0 bridgehead atoms. The summed E-state index contributed by atoms with van der Waals surface area (Å²) in [6.07, 6.45) is 4.30. The lowest BCUT2D eigenvalue weighted by atomic mass is 9.82. The van der Waals surface area contributed by atoms with Crippen molar-refractivity contribution in [1.29, 1.82) is 0 Å². The van der Waals surface area contributed by atoms with Crippen molar-refractivity contribution in [3.8, 4) is 0 Å². The van der Waals surface area contributed by atoms with Crippen LogP contribution in [0.4, 0.5) is 0 Å². The molecule has 2 nitrogen and oxygen atoms in total. The van der Waals surface area contributed by atoms with Crippen molar-refractivity contribution >= 4 is 0 Å². The van der Waals surface area contributed by atoms with Gasteiger partial charge in [-0.05, 0) is 64.8 Å². The van der Waals surface area contributed by atoms with Crippen molar-refractivity contribution in [2.24, 2.45) is 11.8 Å². The molecule has 0 aromatic carbocycles. The van der Waals surface area contributed by atoms with Gasteiger partial charge in [-0.3, -0.25) is 0 Å². The molecule has 2 saturated heterocycles. The highest BCUT2D eigenvalue weighted by atomic mass is 15.1. The van der Waals surface area contributed by atoms with Crippen LogP contribution in [0.5, 0.6) is 0 Å². The standard InChI is InChI=1S/C11H22N2/c1-12-6-3-10-4-8-13(2)9-11(10)5-7-12/h10-11H,3-9H2,1-2H3. The maximum Gasteiger partial charge on any atom is 0.000975 e. The van der Waals surface area contributed by atoms with E-state index in [9.17, 15) is 0 Å². The van der Waals surface area contributed by atoms with Gasteiger partial charge in [-0.15, -0.1) is 0 Å². The Morgan fingerprint density at radius 2 is 1.31 bits per heavy atom. The highest BCUT2D eigenvalue weighted by molar-refractivity contribution is 4.82. The summed E-state index contributed by atoms with van der Waals surface area (Å²) in [6, 6.07) is 0. The van der Waals surface area contributed by atoms with Gasteiger partial charge in [-0.25, -0.2) is 0 Å². The minimum absolute atomic E-state index is 0.990. The fraction of sp³-hybridized carbons (Fsp3) is 1.00. The third-order valence-electron chi connectivity index (χ3n) is 3.86. The van der Waals surface area contributed by atoms with Crippen LogP contribution < -0.4 is 0 Å². The Balaban J connectivity index is 1.95. The molecule has 76 valence electrons. The lowest BCUT2D eigenvalue weighted by Gasteiger charge is -2.35. The average molecular weight is 182 g/mol. The van der Waals surface area contributed by atoms with E-state index in [1.165, 1.54) is 45.4 Å². The molecular weight excluding hydrogens is 160 g/mol. The van der Waals surface area contributed by atoms with Gasteiger partial charge in [0, 0.05) is 6.54 Å². The summed E-state index contributed by atoms with van der Waals surface area (Å²) in [6.45, 7) is 5.31. The Kier molecular flexibility index (Phi) is 2.89. The topological polar surface area (TPSA) is 6.48 Å². The molecule has 0 aliphatic carbocycles. The predicted octanol–water partition coefficient (Wildman–Crippen LogP) is 1.28. The molecule has 2 heteroatoms. The van der Waals surface area contributed by atoms with Crippen LogP contribution in [0, 0.1) is 11.8 Å². The molecule has 0 aromatic rings. The van der Waals surface area contributed by atoms with Crippen LogP contribution in [-0.4, -0.2) is 50.1 Å². The number of rotatable bonds is 0. The van der Waals surface area contributed by atoms with Crippen molar-refractivity contribution in [3.05, 3.63) is 0 Å². The molecule has 2 atom stereocenters. The van der Waals surface area contributed by atoms with E-state index in [4.69, 9.17) is 0 Å². The Labute approximate surface area is 81.9 Å². The third kappa shape index (κ3) is 2.23. The largest absolute Gasteiger partial charge is 0.306 e. The fourth-order valence-electron chi connectivity index (χ4n) is 2.85. The molecule has 0 radical (unpaired) electrons. The molecule has 2 aliphatic rings. The van der Waals surface area contributed by atoms with Crippen molar-refractivity contribution in [1.82, 2.24) is 9.80 Å². The lowest BCUT2D eigenvalue weighted by Crippen LogP contribution is -2.37. The van der Waals surface area contributed by atoms with Gasteiger partial charge in [-0.1, -0.05) is 0 Å². The number of nitrogens with zero attached hydrogens (tertiary/aromatic N) is 2. The van der Waals surface area contributed by atoms with Gasteiger partial charge in [0.1, 0.15) is 0 Å². The summed E-state index contributed by atoms with van der Waals surface area (Å²) in [5, 5.41) is 0. The van der Waals surface area contributed by atoms with E-state index in [1.807, 2.05) is 0 Å². The van der Waals surface area contributed by atoms with Crippen LogP contribution in [0.3, 0.4) is 0 Å². The molecule has 2 aliphatic heterocycles. The molecule has 2 fully saturated rings. The highest BCUT2D eigenvalue weighted by Gasteiger charge is 2.29. The first-order valence-corrected chi connectivity index (χ1v) is 5.63.